The summed E-state index contributed by atoms with van der Waals surface area (Å²) in [6, 6.07) is 12.3. The van der Waals surface area contributed by atoms with Crippen LogP contribution in [-0.2, 0) is 11.8 Å². The standard InChI is InChI=1S/C26H29N5O2S2/c1-17(2)16-31-25(33)22(35-26(31)34)14-20-18(3)21(15-27)24(32)28(4)23(20)30-12-10-29(11-13-30)19-8-6-5-7-9-19/h5-9,14,17H,10-13,16H2,1-4H3/b22-14-. The molecule has 1 amide bonds. The Labute approximate surface area is 215 Å². The molecule has 0 bridgehead atoms. The van der Waals surface area contributed by atoms with Gasteiger partial charge >= 0.3 is 0 Å². The van der Waals surface area contributed by atoms with Crippen LogP contribution in [0.25, 0.3) is 6.08 Å². The van der Waals surface area contributed by atoms with Crippen molar-refractivity contribution in [1.29, 1.82) is 5.26 Å². The molecule has 3 heterocycles. The lowest BCUT2D eigenvalue weighted by Crippen LogP contribution is -2.48. The van der Waals surface area contributed by atoms with Crippen LogP contribution in [0.5, 0.6) is 0 Å². The van der Waals surface area contributed by atoms with Crippen molar-refractivity contribution >= 4 is 51.8 Å². The predicted molar refractivity (Wildman–Crippen MR) is 147 cm³/mol. The van der Waals surface area contributed by atoms with Crippen molar-refractivity contribution in [2.75, 3.05) is 42.5 Å². The molecule has 1 aromatic heterocycles. The van der Waals surface area contributed by atoms with E-state index in [4.69, 9.17) is 12.2 Å². The van der Waals surface area contributed by atoms with Crippen LogP contribution in [0, 0.1) is 24.2 Å². The summed E-state index contributed by atoms with van der Waals surface area (Å²) in [6.07, 6.45) is 1.81. The first-order valence-corrected chi connectivity index (χ1v) is 12.9. The summed E-state index contributed by atoms with van der Waals surface area (Å²) in [5.41, 5.74) is 2.26. The molecule has 2 saturated heterocycles. The highest BCUT2D eigenvalue weighted by atomic mass is 32.2. The van der Waals surface area contributed by atoms with Crippen LogP contribution < -0.4 is 15.4 Å². The number of rotatable bonds is 5. The second-order valence-electron chi connectivity index (χ2n) is 9.21. The molecule has 0 atom stereocenters. The summed E-state index contributed by atoms with van der Waals surface area (Å²) < 4.78 is 2.08. The number of nitriles is 1. The lowest BCUT2D eigenvalue weighted by atomic mass is 10.0. The van der Waals surface area contributed by atoms with Gasteiger partial charge in [0.15, 0.2) is 0 Å². The van der Waals surface area contributed by atoms with Gasteiger partial charge in [0.1, 0.15) is 21.8 Å². The van der Waals surface area contributed by atoms with E-state index >= 15 is 0 Å². The molecule has 0 aliphatic carbocycles. The number of piperazine rings is 1. The van der Waals surface area contributed by atoms with Gasteiger partial charge < -0.3 is 9.80 Å². The number of nitrogens with zero attached hydrogens (tertiary/aromatic N) is 5. The van der Waals surface area contributed by atoms with Gasteiger partial charge in [-0.1, -0.05) is 56.0 Å². The fourth-order valence-corrected chi connectivity index (χ4v) is 5.82. The van der Waals surface area contributed by atoms with Crippen molar-refractivity contribution in [3.8, 4) is 6.07 Å². The van der Waals surface area contributed by atoms with Gasteiger partial charge in [-0.2, -0.15) is 5.26 Å². The van der Waals surface area contributed by atoms with Crippen LogP contribution in [0.3, 0.4) is 0 Å². The molecular formula is C26H29N5O2S2. The minimum Gasteiger partial charge on any atom is -0.368 e. The van der Waals surface area contributed by atoms with E-state index < -0.39 is 0 Å². The SMILES string of the molecule is Cc1c(/C=C2\SC(=S)N(CC(C)C)C2=O)c(N2CCN(c3ccccc3)CC2)n(C)c(=O)c1C#N. The number of carbonyl (C=O) groups is 1. The molecule has 2 aliphatic heterocycles. The van der Waals surface area contributed by atoms with Crippen LogP contribution in [0.4, 0.5) is 11.5 Å². The Morgan fingerprint density at radius 2 is 1.74 bits per heavy atom. The summed E-state index contributed by atoms with van der Waals surface area (Å²) >= 11 is 6.75. The maximum Gasteiger partial charge on any atom is 0.270 e. The van der Waals surface area contributed by atoms with Gasteiger partial charge in [0.05, 0.1) is 4.91 Å². The second-order valence-corrected chi connectivity index (χ2v) is 10.9. The molecule has 1 aromatic carbocycles. The van der Waals surface area contributed by atoms with Gasteiger partial charge in [0.25, 0.3) is 11.5 Å². The van der Waals surface area contributed by atoms with Crippen molar-refractivity contribution in [2.45, 2.75) is 20.8 Å². The number of thioether (sulfide) groups is 1. The van der Waals surface area contributed by atoms with Crippen molar-refractivity contribution < 1.29 is 4.79 Å². The smallest absolute Gasteiger partial charge is 0.270 e. The third-order valence-corrected chi connectivity index (χ3v) is 7.74. The molecule has 0 unspecified atom stereocenters. The Morgan fingerprint density at radius 3 is 2.34 bits per heavy atom. The average molecular weight is 508 g/mol. The highest BCUT2D eigenvalue weighted by Gasteiger charge is 2.33. The molecule has 0 radical (unpaired) electrons. The monoisotopic (exact) mass is 507 g/mol. The Bertz CT molecular complexity index is 1290. The molecule has 7 nitrogen and oxygen atoms in total. The number of hydrogen-bond donors (Lipinski definition) is 0. The third kappa shape index (κ3) is 4.86. The quantitative estimate of drug-likeness (QED) is 0.451. The Hall–Kier alpha value is -3.09. The third-order valence-electron chi connectivity index (χ3n) is 6.37. The van der Waals surface area contributed by atoms with E-state index in [1.807, 2.05) is 38.1 Å². The zero-order valence-corrected chi connectivity index (χ0v) is 22.1. The van der Waals surface area contributed by atoms with E-state index in [9.17, 15) is 14.9 Å². The van der Waals surface area contributed by atoms with Crippen LogP contribution >= 0.6 is 24.0 Å². The fourth-order valence-electron chi connectivity index (χ4n) is 4.56. The number of hydrogen-bond acceptors (Lipinski definition) is 7. The minimum atomic E-state index is -0.324. The van der Waals surface area contributed by atoms with Crippen LogP contribution in [0.15, 0.2) is 40.0 Å². The van der Waals surface area contributed by atoms with Crippen LogP contribution in [0.2, 0.25) is 0 Å². The number of anilines is 2. The van der Waals surface area contributed by atoms with Crippen LogP contribution in [0.1, 0.15) is 30.5 Å². The Balaban J connectivity index is 1.73. The van der Waals surface area contributed by atoms with Crippen molar-refractivity contribution in [2.24, 2.45) is 13.0 Å². The topological polar surface area (TPSA) is 72.6 Å². The highest BCUT2D eigenvalue weighted by molar-refractivity contribution is 8.26. The first-order chi connectivity index (χ1) is 16.7. The Kier molecular flexibility index (Phi) is 7.33. The lowest BCUT2D eigenvalue weighted by Gasteiger charge is -2.38. The summed E-state index contributed by atoms with van der Waals surface area (Å²) in [5, 5.41) is 9.70. The molecular weight excluding hydrogens is 478 g/mol. The number of carbonyl (C=O) groups excluding carboxylic acids is 1. The maximum atomic E-state index is 13.2. The molecule has 0 saturated carbocycles. The van der Waals surface area contributed by atoms with Crippen molar-refractivity contribution in [1.82, 2.24) is 9.47 Å². The number of amides is 1. The number of pyridine rings is 1. The zero-order valence-electron chi connectivity index (χ0n) is 20.4. The normalized spacial score (nSPS) is 17.6. The number of benzene rings is 1. The van der Waals surface area contributed by atoms with Gasteiger partial charge in [0, 0.05) is 51.0 Å². The predicted octanol–water partition coefficient (Wildman–Crippen LogP) is 3.75. The zero-order chi connectivity index (χ0) is 25.3. The molecule has 9 heteroatoms. The van der Waals surface area contributed by atoms with Crippen LogP contribution in [-0.4, -0.2) is 52.4 Å². The van der Waals surface area contributed by atoms with Gasteiger partial charge in [-0.05, 0) is 36.6 Å². The summed E-state index contributed by atoms with van der Waals surface area (Å²) in [5.74, 6) is 0.895. The van der Waals surface area contributed by atoms with Gasteiger partial charge in [-0.3, -0.25) is 19.1 Å². The van der Waals surface area contributed by atoms with Crippen molar-refractivity contribution in [3.63, 3.8) is 0 Å². The summed E-state index contributed by atoms with van der Waals surface area (Å²) in [4.78, 5) is 32.8. The molecule has 182 valence electrons. The molecule has 4 rings (SSSR count). The number of aromatic nitrogens is 1. The van der Waals surface area contributed by atoms with E-state index in [0.717, 1.165) is 24.5 Å². The first-order valence-electron chi connectivity index (χ1n) is 11.7. The largest absolute Gasteiger partial charge is 0.368 e. The molecule has 0 N–H and O–H groups in total. The van der Waals surface area contributed by atoms with Gasteiger partial charge in [-0.25, -0.2) is 0 Å². The Morgan fingerprint density at radius 1 is 1.11 bits per heavy atom. The van der Waals surface area contributed by atoms with E-state index in [1.165, 1.54) is 17.4 Å². The molecule has 2 aliphatic rings. The lowest BCUT2D eigenvalue weighted by molar-refractivity contribution is -0.122. The van der Waals surface area contributed by atoms with Gasteiger partial charge in [-0.15, -0.1) is 0 Å². The number of para-hydroxylation sites is 1. The van der Waals surface area contributed by atoms with E-state index in [2.05, 4.69) is 28.0 Å². The first kappa shape index (κ1) is 25.0. The average Bonchev–Trinajstić information content (AvgIpc) is 3.11. The second kappa shape index (κ2) is 10.3. The minimum absolute atomic E-state index is 0.100. The van der Waals surface area contributed by atoms with E-state index in [0.29, 0.717) is 34.4 Å². The fraction of sp³-hybridized carbons (Fsp3) is 0.385. The number of thiocarbonyl (C=S) groups is 1. The van der Waals surface area contributed by atoms with E-state index in [-0.39, 0.29) is 22.9 Å². The maximum absolute atomic E-state index is 13.2. The molecule has 2 fully saturated rings. The van der Waals surface area contributed by atoms with Gasteiger partial charge in [0.2, 0.25) is 0 Å². The molecule has 35 heavy (non-hydrogen) atoms. The van der Waals surface area contributed by atoms with Crippen molar-refractivity contribution in [3.05, 3.63) is 62.3 Å². The molecule has 0 spiro atoms. The molecule has 2 aromatic rings. The van der Waals surface area contributed by atoms with E-state index in [1.54, 1.807) is 23.4 Å². The highest BCUT2D eigenvalue weighted by Crippen LogP contribution is 2.36. The summed E-state index contributed by atoms with van der Waals surface area (Å²) in [7, 11) is 1.70. The summed E-state index contributed by atoms with van der Waals surface area (Å²) in [6.45, 7) is 9.46.